The highest BCUT2D eigenvalue weighted by Crippen LogP contribution is 2.24. The first-order valence-electron chi connectivity index (χ1n) is 8.65. The predicted octanol–water partition coefficient (Wildman–Crippen LogP) is 3.76. The van der Waals surface area contributed by atoms with Gasteiger partial charge in [0.2, 0.25) is 11.7 Å². The fourth-order valence-corrected chi connectivity index (χ4v) is 4.31. The smallest absolute Gasteiger partial charge is 0.272 e. The fourth-order valence-electron chi connectivity index (χ4n) is 2.67. The van der Waals surface area contributed by atoms with Crippen molar-refractivity contribution >= 4 is 33.3 Å². The second-order valence-corrected chi connectivity index (χ2v) is 8.00. The van der Waals surface area contributed by atoms with Crippen LogP contribution in [-0.4, -0.2) is 33.4 Å². The van der Waals surface area contributed by atoms with E-state index in [9.17, 15) is 4.79 Å². The van der Waals surface area contributed by atoms with Crippen LogP contribution in [0.15, 0.2) is 50.2 Å². The normalized spacial score (nSPS) is 11.4. The van der Waals surface area contributed by atoms with Crippen LogP contribution in [0.4, 0.5) is 0 Å². The van der Waals surface area contributed by atoms with Crippen molar-refractivity contribution in [2.75, 3.05) is 13.7 Å². The molecule has 1 aromatic carbocycles. The number of methoxy groups -OCH3 is 1. The molecule has 0 N–H and O–H groups in total. The van der Waals surface area contributed by atoms with Gasteiger partial charge in [0.15, 0.2) is 5.16 Å². The molecule has 4 aromatic rings. The Balaban J connectivity index is 1.57. The van der Waals surface area contributed by atoms with Crippen molar-refractivity contribution < 1.29 is 9.26 Å². The van der Waals surface area contributed by atoms with Gasteiger partial charge >= 0.3 is 0 Å². The summed E-state index contributed by atoms with van der Waals surface area (Å²) in [6.45, 7) is 2.91. The van der Waals surface area contributed by atoms with Crippen LogP contribution in [0.25, 0.3) is 21.6 Å². The number of nitrogens with zero attached hydrogens (tertiary/aromatic N) is 4. The van der Waals surface area contributed by atoms with Crippen LogP contribution in [-0.2, 0) is 17.0 Å². The standard InChI is InChI=1S/C19H18N4O3S2/c1-12-3-5-13(6-4-12)17-21-15(26-22-17)11-28-19-20-14-7-10-27-16(14)18(24)23(19)8-9-25-2/h3-7,10H,8-9,11H2,1-2H3. The molecule has 0 radical (unpaired) electrons. The molecule has 0 saturated heterocycles. The summed E-state index contributed by atoms with van der Waals surface area (Å²) < 4.78 is 12.8. The van der Waals surface area contributed by atoms with E-state index in [2.05, 4.69) is 15.1 Å². The molecule has 0 saturated carbocycles. The minimum atomic E-state index is -0.0505. The summed E-state index contributed by atoms with van der Waals surface area (Å²) in [7, 11) is 1.61. The second kappa shape index (κ2) is 8.26. The molecule has 0 amide bonds. The SMILES string of the molecule is COCCn1c(SCc2nc(-c3ccc(C)cc3)no2)nc2ccsc2c1=O. The summed E-state index contributed by atoms with van der Waals surface area (Å²) in [6, 6.07) is 9.80. The molecule has 4 rings (SSSR count). The topological polar surface area (TPSA) is 83.0 Å². The van der Waals surface area contributed by atoms with Gasteiger partial charge in [0.25, 0.3) is 5.56 Å². The molecule has 7 nitrogen and oxygen atoms in total. The molecule has 3 aromatic heterocycles. The Morgan fingerprint density at radius 1 is 1.21 bits per heavy atom. The number of aromatic nitrogens is 4. The average molecular weight is 415 g/mol. The van der Waals surface area contributed by atoms with Crippen molar-refractivity contribution in [1.82, 2.24) is 19.7 Å². The summed E-state index contributed by atoms with van der Waals surface area (Å²) in [5.74, 6) is 1.46. The van der Waals surface area contributed by atoms with E-state index in [1.54, 1.807) is 11.7 Å². The summed E-state index contributed by atoms with van der Waals surface area (Å²) >= 11 is 2.80. The van der Waals surface area contributed by atoms with E-state index in [1.807, 2.05) is 42.6 Å². The van der Waals surface area contributed by atoms with E-state index in [4.69, 9.17) is 9.26 Å². The highest BCUT2D eigenvalue weighted by Gasteiger charge is 2.15. The van der Waals surface area contributed by atoms with Crippen molar-refractivity contribution in [2.24, 2.45) is 0 Å². The Bertz CT molecular complexity index is 1150. The fraction of sp³-hybridized carbons (Fsp3) is 0.263. The molecule has 0 aliphatic rings. The van der Waals surface area contributed by atoms with Crippen LogP contribution < -0.4 is 5.56 Å². The average Bonchev–Trinajstić information content (AvgIpc) is 3.36. The minimum Gasteiger partial charge on any atom is -0.383 e. The molecule has 144 valence electrons. The zero-order chi connectivity index (χ0) is 19.5. The Kier molecular flexibility index (Phi) is 5.56. The monoisotopic (exact) mass is 414 g/mol. The van der Waals surface area contributed by atoms with E-state index in [-0.39, 0.29) is 5.56 Å². The number of thioether (sulfide) groups is 1. The quantitative estimate of drug-likeness (QED) is 0.336. The number of fused-ring (bicyclic) bond motifs is 1. The van der Waals surface area contributed by atoms with Gasteiger partial charge in [-0.25, -0.2) is 4.98 Å². The third-order valence-electron chi connectivity index (χ3n) is 4.15. The highest BCUT2D eigenvalue weighted by molar-refractivity contribution is 7.98. The summed E-state index contributed by atoms with van der Waals surface area (Å²) in [4.78, 5) is 21.8. The van der Waals surface area contributed by atoms with Crippen molar-refractivity contribution in [3.63, 3.8) is 0 Å². The van der Waals surface area contributed by atoms with Crippen molar-refractivity contribution in [2.45, 2.75) is 24.4 Å². The summed E-state index contributed by atoms with van der Waals surface area (Å²) in [5.41, 5.74) is 2.73. The molecule has 0 atom stereocenters. The third-order valence-corrected chi connectivity index (χ3v) is 6.01. The lowest BCUT2D eigenvalue weighted by Crippen LogP contribution is -2.24. The van der Waals surface area contributed by atoms with E-state index >= 15 is 0 Å². The van der Waals surface area contributed by atoms with Crippen LogP contribution in [0, 0.1) is 6.92 Å². The molecular weight excluding hydrogens is 396 g/mol. The number of hydrogen-bond acceptors (Lipinski definition) is 8. The molecule has 0 spiro atoms. The van der Waals surface area contributed by atoms with E-state index in [0.29, 0.717) is 46.0 Å². The molecule has 0 aliphatic carbocycles. The molecular formula is C19H18N4O3S2. The lowest BCUT2D eigenvalue weighted by molar-refractivity contribution is 0.183. The highest BCUT2D eigenvalue weighted by atomic mass is 32.2. The second-order valence-electron chi connectivity index (χ2n) is 6.15. The van der Waals surface area contributed by atoms with Gasteiger partial charge < -0.3 is 9.26 Å². The maximum atomic E-state index is 12.8. The number of thiophene rings is 1. The van der Waals surface area contributed by atoms with Crippen molar-refractivity contribution in [3.05, 3.63) is 57.5 Å². The maximum absolute atomic E-state index is 12.8. The Hall–Kier alpha value is -2.49. The van der Waals surface area contributed by atoms with Crippen LogP contribution >= 0.6 is 23.1 Å². The lowest BCUT2D eigenvalue weighted by Gasteiger charge is -2.10. The van der Waals surface area contributed by atoms with Crippen LogP contribution in [0.2, 0.25) is 0 Å². The first kappa shape index (κ1) is 18.9. The number of aryl methyl sites for hydroxylation is 1. The molecule has 0 aliphatic heterocycles. The van der Waals surface area contributed by atoms with Gasteiger partial charge in [0, 0.05) is 12.7 Å². The predicted molar refractivity (Wildman–Crippen MR) is 110 cm³/mol. The first-order valence-corrected chi connectivity index (χ1v) is 10.5. The largest absolute Gasteiger partial charge is 0.383 e. The third kappa shape index (κ3) is 3.87. The lowest BCUT2D eigenvalue weighted by atomic mass is 10.1. The zero-order valence-corrected chi connectivity index (χ0v) is 17.0. The van der Waals surface area contributed by atoms with Gasteiger partial charge in [-0.15, -0.1) is 11.3 Å². The van der Waals surface area contributed by atoms with Crippen LogP contribution in [0.1, 0.15) is 11.5 Å². The molecule has 28 heavy (non-hydrogen) atoms. The maximum Gasteiger partial charge on any atom is 0.272 e. The first-order chi connectivity index (χ1) is 13.7. The van der Waals surface area contributed by atoms with Gasteiger partial charge in [-0.1, -0.05) is 46.7 Å². The number of ether oxygens (including phenoxy) is 1. The van der Waals surface area contributed by atoms with E-state index in [1.165, 1.54) is 28.7 Å². The number of hydrogen-bond donors (Lipinski definition) is 0. The molecule has 0 unspecified atom stereocenters. The Labute approximate surface area is 169 Å². The molecule has 0 bridgehead atoms. The van der Waals surface area contributed by atoms with Gasteiger partial charge in [0.05, 0.1) is 24.4 Å². The number of benzene rings is 1. The van der Waals surface area contributed by atoms with Gasteiger partial charge in [0.1, 0.15) is 4.70 Å². The molecule has 0 fully saturated rings. The van der Waals surface area contributed by atoms with Crippen molar-refractivity contribution in [3.8, 4) is 11.4 Å². The van der Waals surface area contributed by atoms with Crippen LogP contribution in [0.5, 0.6) is 0 Å². The summed E-state index contributed by atoms with van der Waals surface area (Å²) in [6.07, 6.45) is 0. The van der Waals surface area contributed by atoms with Gasteiger partial charge in [-0.2, -0.15) is 4.98 Å². The van der Waals surface area contributed by atoms with E-state index < -0.39 is 0 Å². The Morgan fingerprint density at radius 3 is 2.82 bits per heavy atom. The molecule has 9 heteroatoms. The Morgan fingerprint density at radius 2 is 2.04 bits per heavy atom. The van der Waals surface area contributed by atoms with Crippen LogP contribution in [0.3, 0.4) is 0 Å². The zero-order valence-electron chi connectivity index (χ0n) is 15.4. The summed E-state index contributed by atoms with van der Waals surface area (Å²) in [5, 5.41) is 6.54. The van der Waals surface area contributed by atoms with Gasteiger partial charge in [-0.05, 0) is 18.4 Å². The van der Waals surface area contributed by atoms with Crippen molar-refractivity contribution in [1.29, 1.82) is 0 Å². The molecule has 3 heterocycles. The number of rotatable bonds is 7. The van der Waals surface area contributed by atoms with Gasteiger partial charge in [-0.3, -0.25) is 9.36 Å². The van der Waals surface area contributed by atoms with E-state index in [0.717, 1.165) is 5.56 Å². The minimum absolute atomic E-state index is 0.0505.